The fraction of sp³-hybridized carbons (Fsp3) is 0.500. The number of unbranched alkanes of at least 4 members (excludes halogenated alkanes) is 1. The quantitative estimate of drug-likeness (QED) is 0.279. The van der Waals surface area contributed by atoms with Crippen molar-refractivity contribution in [3.63, 3.8) is 0 Å². The molecule has 0 saturated carbocycles. The molecule has 0 atom stereocenters. The zero-order chi connectivity index (χ0) is 18.2. The third-order valence-electron chi connectivity index (χ3n) is 4.45. The van der Waals surface area contributed by atoms with Gasteiger partial charge < -0.3 is 10.6 Å². The summed E-state index contributed by atoms with van der Waals surface area (Å²) in [6.07, 6.45) is 2.30. The van der Waals surface area contributed by atoms with Crippen LogP contribution in [-0.2, 0) is 20.1 Å². The monoisotopic (exact) mass is 469 g/mol. The predicted molar refractivity (Wildman–Crippen MR) is 120 cm³/mol. The molecule has 0 radical (unpaired) electrons. The van der Waals surface area contributed by atoms with Crippen LogP contribution in [-0.4, -0.2) is 22.3 Å². The molecule has 0 unspecified atom stereocenters. The first kappa shape index (κ1) is 22.5. The number of aryl methyl sites for hydroxylation is 3. The highest BCUT2D eigenvalue weighted by Crippen LogP contribution is 2.11. The van der Waals surface area contributed by atoms with Crippen molar-refractivity contribution < 1.29 is 0 Å². The minimum atomic E-state index is 0. The van der Waals surface area contributed by atoms with E-state index in [1.54, 1.807) is 0 Å². The summed E-state index contributed by atoms with van der Waals surface area (Å²) in [4.78, 5) is 4.74. The van der Waals surface area contributed by atoms with E-state index >= 15 is 0 Å². The molecule has 144 valence electrons. The Kier molecular flexibility index (Phi) is 9.69. The number of halogens is 1. The van der Waals surface area contributed by atoms with Gasteiger partial charge in [0.25, 0.3) is 0 Å². The van der Waals surface area contributed by atoms with Crippen molar-refractivity contribution in [1.82, 2.24) is 20.4 Å². The Balaban J connectivity index is 0.00000338. The molecule has 5 nitrogen and oxygen atoms in total. The van der Waals surface area contributed by atoms with E-state index in [0.717, 1.165) is 31.2 Å². The lowest BCUT2D eigenvalue weighted by molar-refractivity contribution is 0.719. The molecule has 1 heterocycles. The molecule has 2 N–H and O–H groups in total. The molecule has 26 heavy (non-hydrogen) atoms. The summed E-state index contributed by atoms with van der Waals surface area (Å²) in [7, 11) is 1.98. The molecule has 1 aromatic heterocycles. The van der Waals surface area contributed by atoms with E-state index in [9.17, 15) is 0 Å². The third kappa shape index (κ3) is 6.63. The van der Waals surface area contributed by atoms with Crippen LogP contribution in [0.1, 0.15) is 47.8 Å². The molecule has 2 aromatic rings. The minimum absolute atomic E-state index is 0. The summed E-state index contributed by atoms with van der Waals surface area (Å²) in [6.45, 7) is 10.8. The standard InChI is InChI=1S/C20H31N5.HI/c1-6-7-12-21-20(22-13-18-10-8-15(2)9-11-18)23-14-19-16(3)24-25(5)17(19)4;/h8-11H,6-7,12-14H2,1-5H3,(H2,21,22,23);1H. The molecule has 0 spiro atoms. The number of hydrogen-bond donors (Lipinski definition) is 2. The van der Waals surface area contributed by atoms with Crippen LogP contribution < -0.4 is 10.6 Å². The highest BCUT2D eigenvalue weighted by Gasteiger charge is 2.09. The van der Waals surface area contributed by atoms with Crippen LogP contribution in [0.3, 0.4) is 0 Å². The average Bonchev–Trinajstić information content (AvgIpc) is 2.84. The summed E-state index contributed by atoms with van der Waals surface area (Å²) in [5, 5.41) is 11.4. The van der Waals surface area contributed by atoms with Gasteiger partial charge in [0.05, 0.1) is 12.2 Å². The van der Waals surface area contributed by atoms with Crippen molar-refractivity contribution >= 4 is 29.9 Å². The van der Waals surface area contributed by atoms with E-state index < -0.39 is 0 Å². The lowest BCUT2D eigenvalue weighted by atomic mass is 10.1. The minimum Gasteiger partial charge on any atom is -0.356 e. The number of aromatic nitrogens is 2. The Morgan fingerprint density at radius 3 is 2.38 bits per heavy atom. The van der Waals surface area contributed by atoms with Crippen LogP contribution in [0.25, 0.3) is 0 Å². The predicted octanol–water partition coefficient (Wildman–Crippen LogP) is 4.00. The molecule has 0 fully saturated rings. The fourth-order valence-corrected chi connectivity index (χ4v) is 2.67. The van der Waals surface area contributed by atoms with Gasteiger partial charge in [-0.05, 0) is 32.8 Å². The van der Waals surface area contributed by atoms with Gasteiger partial charge in [-0.2, -0.15) is 5.10 Å². The molecule has 0 aliphatic heterocycles. The van der Waals surface area contributed by atoms with Gasteiger partial charge in [-0.15, -0.1) is 24.0 Å². The van der Waals surface area contributed by atoms with Gasteiger partial charge in [0.15, 0.2) is 5.96 Å². The maximum absolute atomic E-state index is 4.74. The topological polar surface area (TPSA) is 54.2 Å². The Labute approximate surface area is 174 Å². The molecule has 6 heteroatoms. The maximum atomic E-state index is 4.74. The van der Waals surface area contributed by atoms with Crippen molar-refractivity contribution in [2.75, 3.05) is 6.54 Å². The van der Waals surface area contributed by atoms with Crippen molar-refractivity contribution in [1.29, 1.82) is 0 Å². The molecule has 0 amide bonds. The van der Waals surface area contributed by atoms with Crippen molar-refractivity contribution in [3.05, 3.63) is 52.3 Å². The van der Waals surface area contributed by atoms with E-state index in [4.69, 9.17) is 4.99 Å². The smallest absolute Gasteiger partial charge is 0.191 e. The van der Waals surface area contributed by atoms with Gasteiger partial charge in [-0.3, -0.25) is 4.68 Å². The van der Waals surface area contributed by atoms with E-state index in [0.29, 0.717) is 6.54 Å². The molecule has 2 rings (SSSR count). The fourth-order valence-electron chi connectivity index (χ4n) is 2.67. The Hall–Kier alpha value is -1.57. The van der Waals surface area contributed by atoms with E-state index in [-0.39, 0.29) is 24.0 Å². The second-order valence-electron chi connectivity index (χ2n) is 6.56. The van der Waals surface area contributed by atoms with Gasteiger partial charge in [0.1, 0.15) is 0 Å². The molecule has 0 aliphatic rings. The number of hydrogen-bond acceptors (Lipinski definition) is 2. The van der Waals surface area contributed by atoms with Crippen molar-refractivity contribution in [2.24, 2.45) is 12.0 Å². The first-order valence-corrected chi connectivity index (χ1v) is 9.08. The van der Waals surface area contributed by atoms with Crippen LogP contribution in [0.4, 0.5) is 0 Å². The van der Waals surface area contributed by atoms with Crippen LogP contribution in [0.5, 0.6) is 0 Å². The van der Waals surface area contributed by atoms with Gasteiger partial charge in [0.2, 0.25) is 0 Å². The lowest BCUT2D eigenvalue weighted by Gasteiger charge is -2.13. The van der Waals surface area contributed by atoms with E-state index in [1.165, 1.54) is 28.8 Å². The highest BCUT2D eigenvalue weighted by molar-refractivity contribution is 14.0. The zero-order valence-electron chi connectivity index (χ0n) is 16.6. The molecular weight excluding hydrogens is 437 g/mol. The first-order chi connectivity index (χ1) is 12.0. The molecule has 0 saturated heterocycles. The zero-order valence-corrected chi connectivity index (χ0v) is 18.9. The lowest BCUT2D eigenvalue weighted by Crippen LogP contribution is -2.37. The van der Waals surface area contributed by atoms with Crippen LogP contribution in [0, 0.1) is 20.8 Å². The Morgan fingerprint density at radius 1 is 1.12 bits per heavy atom. The summed E-state index contributed by atoms with van der Waals surface area (Å²) >= 11 is 0. The molecular formula is C20H32IN5. The average molecular weight is 469 g/mol. The second-order valence-corrected chi connectivity index (χ2v) is 6.56. The number of nitrogens with zero attached hydrogens (tertiary/aromatic N) is 3. The summed E-state index contributed by atoms with van der Waals surface area (Å²) in [5.74, 6) is 0.858. The Bertz CT molecular complexity index is 704. The van der Waals surface area contributed by atoms with Gasteiger partial charge in [-0.1, -0.05) is 43.2 Å². The molecule has 0 aliphatic carbocycles. The van der Waals surface area contributed by atoms with Crippen LogP contribution in [0.15, 0.2) is 29.3 Å². The van der Waals surface area contributed by atoms with E-state index in [1.807, 2.05) is 11.7 Å². The first-order valence-electron chi connectivity index (χ1n) is 9.08. The highest BCUT2D eigenvalue weighted by atomic mass is 127. The largest absolute Gasteiger partial charge is 0.356 e. The second kappa shape index (κ2) is 11.2. The van der Waals surface area contributed by atoms with Gasteiger partial charge in [-0.25, -0.2) is 4.99 Å². The number of nitrogens with one attached hydrogen (secondary N) is 2. The maximum Gasteiger partial charge on any atom is 0.191 e. The number of guanidine groups is 1. The SMILES string of the molecule is CCCCNC(=NCc1ccc(C)cc1)NCc1c(C)nn(C)c1C.I. The van der Waals surface area contributed by atoms with E-state index in [2.05, 4.69) is 67.7 Å². The number of benzene rings is 1. The van der Waals surface area contributed by atoms with Crippen molar-refractivity contribution in [3.8, 4) is 0 Å². The number of aliphatic imine (C=N–C) groups is 1. The normalized spacial score (nSPS) is 11.2. The van der Waals surface area contributed by atoms with Gasteiger partial charge in [0, 0.05) is 31.4 Å². The van der Waals surface area contributed by atoms with Crippen LogP contribution >= 0.6 is 24.0 Å². The third-order valence-corrected chi connectivity index (χ3v) is 4.45. The van der Waals surface area contributed by atoms with Crippen molar-refractivity contribution in [2.45, 2.75) is 53.6 Å². The van der Waals surface area contributed by atoms with Gasteiger partial charge >= 0.3 is 0 Å². The number of rotatable bonds is 7. The molecule has 0 bridgehead atoms. The summed E-state index contributed by atoms with van der Waals surface area (Å²) in [6, 6.07) is 8.53. The molecule has 1 aromatic carbocycles. The summed E-state index contributed by atoms with van der Waals surface area (Å²) in [5.41, 5.74) is 5.99. The van der Waals surface area contributed by atoms with Crippen LogP contribution in [0.2, 0.25) is 0 Å². The Morgan fingerprint density at radius 2 is 1.81 bits per heavy atom. The summed E-state index contributed by atoms with van der Waals surface area (Å²) < 4.78 is 1.93.